The Morgan fingerprint density at radius 2 is 1.88 bits per heavy atom. The summed E-state index contributed by atoms with van der Waals surface area (Å²) in [6.07, 6.45) is 0.868. The number of hydrogen-bond donors (Lipinski definition) is 2. The molecule has 2 N–H and O–H groups in total. The van der Waals surface area contributed by atoms with Crippen molar-refractivity contribution >= 4 is 17.8 Å². The maximum atomic E-state index is 12.6. The van der Waals surface area contributed by atoms with Crippen molar-refractivity contribution in [2.24, 2.45) is 5.92 Å². The van der Waals surface area contributed by atoms with Crippen LogP contribution >= 0.6 is 0 Å². The Bertz CT molecular complexity index is 632. The van der Waals surface area contributed by atoms with E-state index in [4.69, 9.17) is 4.74 Å². The number of aliphatic carboxylic acids is 1. The summed E-state index contributed by atoms with van der Waals surface area (Å²) in [7, 11) is 1.60. The molecule has 2 unspecified atom stereocenters. The number of carbonyl (C=O) groups is 3. The molecule has 1 rings (SSSR count). The molecular formula is C19H28N2O5. The van der Waals surface area contributed by atoms with Gasteiger partial charge in [-0.1, -0.05) is 25.1 Å². The molecule has 0 spiro atoms. The molecule has 26 heavy (non-hydrogen) atoms. The Morgan fingerprint density at radius 3 is 2.46 bits per heavy atom. The number of ether oxygens (including phenoxy) is 1. The van der Waals surface area contributed by atoms with Crippen LogP contribution in [0.25, 0.3) is 0 Å². The number of para-hydroxylation sites is 1. The SMILES string of the molecule is COc1ccccc1CC(C)CC(=O)N(CCNC(C)=O)C(C)C(=O)O. The zero-order valence-corrected chi connectivity index (χ0v) is 15.8. The maximum Gasteiger partial charge on any atom is 0.326 e. The zero-order chi connectivity index (χ0) is 19.7. The van der Waals surface area contributed by atoms with Gasteiger partial charge in [-0.3, -0.25) is 9.59 Å². The van der Waals surface area contributed by atoms with Crippen molar-refractivity contribution in [3.63, 3.8) is 0 Å². The predicted octanol–water partition coefficient (Wildman–Crippen LogP) is 1.70. The lowest BCUT2D eigenvalue weighted by Gasteiger charge is -2.28. The third-order valence-electron chi connectivity index (χ3n) is 4.16. The lowest BCUT2D eigenvalue weighted by molar-refractivity contribution is -0.149. The molecule has 7 heteroatoms. The average molecular weight is 364 g/mol. The number of nitrogens with one attached hydrogen (secondary N) is 1. The van der Waals surface area contributed by atoms with Gasteiger partial charge in [0, 0.05) is 26.4 Å². The Labute approximate surface area is 154 Å². The van der Waals surface area contributed by atoms with Crippen LogP contribution in [-0.4, -0.2) is 54.0 Å². The van der Waals surface area contributed by atoms with Crippen LogP contribution in [0.3, 0.4) is 0 Å². The van der Waals surface area contributed by atoms with Gasteiger partial charge in [-0.2, -0.15) is 0 Å². The van der Waals surface area contributed by atoms with Crippen molar-refractivity contribution in [3.05, 3.63) is 29.8 Å². The quantitative estimate of drug-likeness (QED) is 0.659. The zero-order valence-electron chi connectivity index (χ0n) is 15.8. The number of carbonyl (C=O) groups excluding carboxylic acids is 2. The monoisotopic (exact) mass is 364 g/mol. The average Bonchev–Trinajstić information content (AvgIpc) is 2.58. The second-order valence-electron chi connectivity index (χ2n) is 6.41. The molecule has 2 atom stereocenters. The molecule has 0 aliphatic carbocycles. The minimum Gasteiger partial charge on any atom is -0.496 e. The summed E-state index contributed by atoms with van der Waals surface area (Å²) in [5.41, 5.74) is 1.01. The van der Waals surface area contributed by atoms with E-state index in [9.17, 15) is 19.5 Å². The first-order chi connectivity index (χ1) is 12.3. The fourth-order valence-corrected chi connectivity index (χ4v) is 2.75. The number of nitrogens with zero attached hydrogens (tertiary/aromatic N) is 1. The second kappa shape index (κ2) is 10.4. The molecule has 0 bridgehead atoms. The van der Waals surface area contributed by atoms with E-state index in [1.165, 1.54) is 18.7 Å². The van der Waals surface area contributed by atoms with Crippen LogP contribution < -0.4 is 10.1 Å². The minimum absolute atomic E-state index is 0.0167. The van der Waals surface area contributed by atoms with Crippen LogP contribution in [0.5, 0.6) is 5.75 Å². The van der Waals surface area contributed by atoms with E-state index in [-0.39, 0.29) is 37.2 Å². The van der Waals surface area contributed by atoms with Gasteiger partial charge in [-0.05, 0) is 30.9 Å². The Hall–Kier alpha value is -2.57. The summed E-state index contributed by atoms with van der Waals surface area (Å²) < 4.78 is 5.33. The van der Waals surface area contributed by atoms with Gasteiger partial charge in [0.05, 0.1) is 7.11 Å². The number of amides is 2. The third-order valence-corrected chi connectivity index (χ3v) is 4.16. The highest BCUT2D eigenvalue weighted by Gasteiger charge is 2.26. The molecule has 1 aromatic carbocycles. The summed E-state index contributed by atoms with van der Waals surface area (Å²) in [4.78, 5) is 36.2. The molecule has 7 nitrogen and oxygen atoms in total. The van der Waals surface area contributed by atoms with Crippen molar-refractivity contribution in [2.45, 2.75) is 39.7 Å². The Balaban J connectivity index is 2.74. The van der Waals surface area contributed by atoms with E-state index in [2.05, 4.69) is 5.32 Å². The van der Waals surface area contributed by atoms with Crippen molar-refractivity contribution < 1.29 is 24.2 Å². The van der Waals surface area contributed by atoms with E-state index >= 15 is 0 Å². The topological polar surface area (TPSA) is 95.9 Å². The lowest BCUT2D eigenvalue weighted by atomic mass is 9.96. The molecular weight excluding hydrogens is 336 g/mol. The third kappa shape index (κ3) is 6.74. The predicted molar refractivity (Wildman–Crippen MR) is 98.0 cm³/mol. The van der Waals surface area contributed by atoms with E-state index in [0.717, 1.165) is 11.3 Å². The molecule has 1 aromatic rings. The van der Waals surface area contributed by atoms with Gasteiger partial charge in [0.15, 0.2) is 0 Å². The first-order valence-electron chi connectivity index (χ1n) is 8.64. The Kier molecular flexibility index (Phi) is 8.61. The summed E-state index contributed by atoms with van der Waals surface area (Å²) >= 11 is 0. The van der Waals surface area contributed by atoms with Crippen molar-refractivity contribution in [3.8, 4) is 5.75 Å². The Morgan fingerprint density at radius 1 is 1.23 bits per heavy atom. The molecule has 0 heterocycles. The van der Waals surface area contributed by atoms with Gasteiger partial charge in [-0.15, -0.1) is 0 Å². The maximum absolute atomic E-state index is 12.6. The lowest BCUT2D eigenvalue weighted by Crippen LogP contribution is -2.47. The van der Waals surface area contributed by atoms with Gasteiger partial charge in [0.2, 0.25) is 11.8 Å². The van der Waals surface area contributed by atoms with Gasteiger partial charge in [-0.25, -0.2) is 4.79 Å². The van der Waals surface area contributed by atoms with Crippen molar-refractivity contribution in [2.75, 3.05) is 20.2 Å². The molecule has 0 saturated carbocycles. The molecule has 0 radical (unpaired) electrons. The minimum atomic E-state index is -1.07. The number of rotatable bonds is 10. The smallest absolute Gasteiger partial charge is 0.326 e. The van der Waals surface area contributed by atoms with E-state index in [1.54, 1.807) is 7.11 Å². The summed E-state index contributed by atoms with van der Waals surface area (Å²) in [5, 5.41) is 11.8. The van der Waals surface area contributed by atoms with Crippen LogP contribution in [-0.2, 0) is 20.8 Å². The van der Waals surface area contributed by atoms with E-state index in [1.807, 2.05) is 31.2 Å². The van der Waals surface area contributed by atoms with Crippen LogP contribution in [0.4, 0.5) is 0 Å². The molecule has 0 aliphatic heterocycles. The van der Waals surface area contributed by atoms with E-state index < -0.39 is 12.0 Å². The van der Waals surface area contributed by atoms with Crippen LogP contribution in [0.15, 0.2) is 24.3 Å². The highest BCUT2D eigenvalue weighted by atomic mass is 16.5. The standard InChI is InChI=1S/C19H28N2O5/c1-13(11-16-7-5-6-8-17(16)26-4)12-18(23)21(14(2)19(24)25)10-9-20-15(3)22/h5-8,13-14H,9-12H2,1-4H3,(H,20,22)(H,24,25). The molecule has 144 valence electrons. The molecule has 0 aromatic heterocycles. The van der Waals surface area contributed by atoms with Crippen LogP contribution in [0.2, 0.25) is 0 Å². The first-order valence-corrected chi connectivity index (χ1v) is 8.64. The van der Waals surface area contributed by atoms with Gasteiger partial charge in [0.1, 0.15) is 11.8 Å². The largest absolute Gasteiger partial charge is 0.496 e. The van der Waals surface area contributed by atoms with Crippen LogP contribution in [0.1, 0.15) is 32.8 Å². The fraction of sp³-hybridized carbons (Fsp3) is 0.526. The number of hydrogen-bond acceptors (Lipinski definition) is 4. The number of carboxylic acids is 1. The van der Waals surface area contributed by atoms with Crippen molar-refractivity contribution in [1.29, 1.82) is 0 Å². The summed E-state index contributed by atoms with van der Waals surface area (Å²) in [6.45, 7) is 5.18. The molecule has 2 amide bonds. The van der Waals surface area contributed by atoms with Gasteiger partial charge < -0.3 is 20.1 Å². The first kappa shape index (κ1) is 21.5. The van der Waals surface area contributed by atoms with E-state index in [0.29, 0.717) is 6.42 Å². The van der Waals surface area contributed by atoms with Gasteiger partial charge in [0.25, 0.3) is 0 Å². The van der Waals surface area contributed by atoms with Crippen molar-refractivity contribution in [1.82, 2.24) is 10.2 Å². The molecule has 0 fully saturated rings. The highest BCUT2D eigenvalue weighted by molar-refractivity contribution is 5.83. The molecule has 0 aliphatic rings. The number of carboxylic acid groups (broad SMARTS) is 1. The number of benzene rings is 1. The second-order valence-corrected chi connectivity index (χ2v) is 6.41. The number of methoxy groups -OCH3 is 1. The molecule has 0 saturated heterocycles. The summed E-state index contributed by atoms with van der Waals surface area (Å²) in [6, 6.07) is 6.68. The van der Waals surface area contributed by atoms with Gasteiger partial charge >= 0.3 is 5.97 Å². The van der Waals surface area contributed by atoms with Crippen LogP contribution in [0, 0.1) is 5.92 Å². The summed E-state index contributed by atoms with van der Waals surface area (Å²) in [5.74, 6) is -0.743. The fourth-order valence-electron chi connectivity index (χ4n) is 2.75. The normalized spacial score (nSPS) is 12.8. The highest BCUT2D eigenvalue weighted by Crippen LogP contribution is 2.22.